The molecule has 0 atom stereocenters. The molecule has 0 bridgehead atoms. The Kier molecular flexibility index (Phi) is 2.87. The van der Waals surface area contributed by atoms with Crippen molar-refractivity contribution in [2.75, 3.05) is 6.54 Å². The first-order valence-corrected chi connectivity index (χ1v) is 5.58. The van der Waals surface area contributed by atoms with Crippen molar-refractivity contribution in [1.82, 2.24) is 9.55 Å². The number of nitrogens with two attached hydrogens (primary N) is 1. The SMILES string of the molecule is Cc1nc(CCCN)c2n1CCCC2. The van der Waals surface area contributed by atoms with Gasteiger partial charge in [0.1, 0.15) is 5.82 Å². The van der Waals surface area contributed by atoms with Gasteiger partial charge in [-0.25, -0.2) is 4.98 Å². The molecule has 1 aromatic heterocycles. The zero-order valence-electron chi connectivity index (χ0n) is 8.92. The second kappa shape index (κ2) is 4.13. The second-order valence-corrected chi connectivity index (χ2v) is 4.05. The highest BCUT2D eigenvalue weighted by Crippen LogP contribution is 2.21. The number of aryl methyl sites for hydroxylation is 2. The van der Waals surface area contributed by atoms with Crippen LogP contribution in [0, 0.1) is 6.92 Å². The zero-order chi connectivity index (χ0) is 9.97. The molecule has 0 amide bonds. The maximum atomic E-state index is 5.52. The average molecular weight is 193 g/mol. The van der Waals surface area contributed by atoms with Crippen molar-refractivity contribution >= 4 is 0 Å². The van der Waals surface area contributed by atoms with E-state index < -0.39 is 0 Å². The van der Waals surface area contributed by atoms with Gasteiger partial charge in [-0.05, 0) is 45.6 Å². The van der Waals surface area contributed by atoms with Crippen molar-refractivity contribution in [3.63, 3.8) is 0 Å². The van der Waals surface area contributed by atoms with E-state index >= 15 is 0 Å². The Balaban J connectivity index is 2.23. The van der Waals surface area contributed by atoms with Crippen molar-refractivity contribution < 1.29 is 0 Å². The Morgan fingerprint density at radius 2 is 2.29 bits per heavy atom. The lowest BCUT2D eigenvalue weighted by atomic mass is 10.1. The molecule has 1 aliphatic rings. The highest BCUT2D eigenvalue weighted by Gasteiger charge is 2.16. The summed E-state index contributed by atoms with van der Waals surface area (Å²) in [5.74, 6) is 1.19. The molecule has 0 aliphatic carbocycles. The smallest absolute Gasteiger partial charge is 0.106 e. The van der Waals surface area contributed by atoms with Gasteiger partial charge in [-0.15, -0.1) is 0 Å². The van der Waals surface area contributed by atoms with Gasteiger partial charge < -0.3 is 10.3 Å². The molecule has 0 saturated heterocycles. The van der Waals surface area contributed by atoms with Gasteiger partial charge in [-0.1, -0.05) is 0 Å². The molecule has 2 heterocycles. The molecule has 0 unspecified atom stereocenters. The predicted molar refractivity (Wildman–Crippen MR) is 57.3 cm³/mol. The first-order valence-electron chi connectivity index (χ1n) is 5.58. The quantitative estimate of drug-likeness (QED) is 0.789. The molecule has 0 saturated carbocycles. The Bertz CT molecular complexity index is 315. The van der Waals surface area contributed by atoms with Gasteiger partial charge in [-0.2, -0.15) is 0 Å². The average Bonchev–Trinajstić information content (AvgIpc) is 2.54. The van der Waals surface area contributed by atoms with Crippen molar-refractivity contribution in [1.29, 1.82) is 0 Å². The minimum absolute atomic E-state index is 0.769. The van der Waals surface area contributed by atoms with Crippen LogP contribution in [0.5, 0.6) is 0 Å². The molecule has 3 heteroatoms. The van der Waals surface area contributed by atoms with Gasteiger partial charge in [0.2, 0.25) is 0 Å². The van der Waals surface area contributed by atoms with E-state index in [2.05, 4.69) is 16.5 Å². The Hall–Kier alpha value is -0.830. The zero-order valence-corrected chi connectivity index (χ0v) is 8.92. The van der Waals surface area contributed by atoms with Crippen LogP contribution in [-0.2, 0) is 19.4 Å². The van der Waals surface area contributed by atoms with Crippen LogP contribution in [-0.4, -0.2) is 16.1 Å². The highest BCUT2D eigenvalue weighted by atomic mass is 15.1. The minimum atomic E-state index is 0.769. The van der Waals surface area contributed by atoms with E-state index in [4.69, 9.17) is 5.73 Å². The van der Waals surface area contributed by atoms with Gasteiger partial charge in [0.15, 0.2) is 0 Å². The molecule has 0 spiro atoms. The molecule has 0 fully saturated rings. The van der Waals surface area contributed by atoms with Gasteiger partial charge in [-0.3, -0.25) is 0 Å². The molecular formula is C11H19N3. The lowest BCUT2D eigenvalue weighted by Crippen LogP contribution is -2.12. The summed E-state index contributed by atoms with van der Waals surface area (Å²) < 4.78 is 2.38. The molecule has 1 aromatic rings. The normalized spacial score (nSPS) is 15.6. The summed E-state index contributed by atoms with van der Waals surface area (Å²) in [5.41, 5.74) is 8.30. The molecule has 3 nitrogen and oxygen atoms in total. The fourth-order valence-electron chi connectivity index (χ4n) is 2.28. The van der Waals surface area contributed by atoms with Crippen molar-refractivity contribution in [3.8, 4) is 0 Å². The fraction of sp³-hybridized carbons (Fsp3) is 0.727. The van der Waals surface area contributed by atoms with Gasteiger partial charge >= 0.3 is 0 Å². The fourth-order valence-corrected chi connectivity index (χ4v) is 2.28. The molecule has 2 N–H and O–H groups in total. The largest absolute Gasteiger partial charge is 0.332 e. The standard InChI is InChI=1S/C11H19N3/c1-9-13-10(5-4-7-12)11-6-2-3-8-14(9)11/h2-8,12H2,1H3. The summed E-state index contributed by atoms with van der Waals surface area (Å²) >= 11 is 0. The number of rotatable bonds is 3. The summed E-state index contributed by atoms with van der Waals surface area (Å²) in [5, 5.41) is 0. The van der Waals surface area contributed by atoms with Gasteiger partial charge in [0.25, 0.3) is 0 Å². The summed E-state index contributed by atoms with van der Waals surface area (Å²) in [6.07, 6.45) is 5.95. The Morgan fingerprint density at radius 3 is 3.07 bits per heavy atom. The summed E-state index contributed by atoms with van der Waals surface area (Å²) in [4.78, 5) is 4.64. The lowest BCUT2D eigenvalue weighted by molar-refractivity contribution is 0.519. The van der Waals surface area contributed by atoms with Crippen LogP contribution < -0.4 is 5.73 Å². The maximum absolute atomic E-state index is 5.52. The highest BCUT2D eigenvalue weighted by molar-refractivity contribution is 5.19. The Morgan fingerprint density at radius 1 is 1.43 bits per heavy atom. The second-order valence-electron chi connectivity index (χ2n) is 4.05. The van der Waals surface area contributed by atoms with Crippen LogP contribution in [0.2, 0.25) is 0 Å². The molecule has 1 aliphatic heterocycles. The molecule has 2 rings (SSSR count). The van der Waals surface area contributed by atoms with E-state index in [1.807, 2.05) is 0 Å². The van der Waals surface area contributed by atoms with Crippen LogP contribution in [0.15, 0.2) is 0 Å². The van der Waals surface area contributed by atoms with Crippen LogP contribution in [0.25, 0.3) is 0 Å². The summed E-state index contributed by atoms with van der Waals surface area (Å²) in [6.45, 7) is 4.04. The van der Waals surface area contributed by atoms with Gasteiger partial charge in [0, 0.05) is 12.2 Å². The van der Waals surface area contributed by atoms with E-state index in [0.717, 1.165) is 25.9 Å². The molecule has 0 radical (unpaired) electrons. The first kappa shape index (κ1) is 9.71. The van der Waals surface area contributed by atoms with E-state index in [-0.39, 0.29) is 0 Å². The van der Waals surface area contributed by atoms with Crippen LogP contribution in [0.4, 0.5) is 0 Å². The minimum Gasteiger partial charge on any atom is -0.332 e. The van der Waals surface area contributed by atoms with E-state index in [0.29, 0.717) is 0 Å². The third kappa shape index (κ3) is 1.69. The topological polar surface area (TPSA) is 43.8 Å². The van der Waals surface area contributed by atoms with Crippen LogP contribution in [0.3, 0.4) is 0 Å². The summed E-state index contributed by atoms with van der Waals surface area (Å²) in [6, 6.07) is 0. The van der Waals surface area contributed by atoms with Crippen molar-refractivity contribution in [2.24, 2.45) is 5.73 Å². The molecule has 14 heavy (non-hydrogen) atoms. The first-order chi connectivity index (χ1) is 6.83. The van der Waals surface area contributed by atoms with E-state index in [1.54, 1.807) is 0 Å². The maximum Gasteiger partial charge on any atom is 0.106 e. The van der Waals surface area contributed by atoms with E-state index in [9.17, 15) is 0 Å². The molecule has 0 aromatic carbocycles. The molecular weight excluding hydrogens is 174 g/mol. The molecule has 78 valence electrons. The summed E-state index contributed by atoms with van der Waals surface area (Å²) in [7, 11) is 0. The third-order valence-electron chi connectivity index (χ3n) is 3.01. The third-order valence-corrected chi connectivity index (χ3v) is 3.01. The monoisotopic (exact) mass is 193 g/mol. The number of imidazole rings is 1. The van der Waals surface area contributed by atoms with Crippen molar-refractivity contribution in [2.45, 2.75) is 45.6 Å². The lowest BCUT2D eigenvalue weighted by Gasteiger charge is -2.16. The number of aromatic nitrogens is 2. The Labute approximate surface area is 85.3 Å². The predicted octanol–water partition coefficient (Wildman–Crippen LogP) is 1.42. The number of hydrogen-bond acceptors (Lipinski definition) is 2. The van der Waals surface area contributed by atoms with E-state index in [1.165, 1.54) is 36.5 Å². The number of nitrogens with zero attached hydrogens (tertiary/aromatic N) is 2. The number of fused-ring (bicyclic) bond motifs is 1. The van der Waals surface area contributed by atoms with Crippen LogP contribution >= 0.6 is 0 Å². The van der Waals surface area contributed by atoms with Crippen LogP contribution in [0.1, 0.15) is 36.5 Å². The van der Waals surface area contributed by atoms with Crippen molar-refractivity contribution in [3.05, 3.63) is 17.2 Å². The number of hydrogen-bond donors (Lipinski definition) is 1. The van der Waals surface area contributed by atoms with Gasteiger partial charge in [0.05, 0.1) is 5.69 Å².